The lowest BCUT2D eigenvalue weighted by molar-refractivity contribution is -0.342. The van der Waals surface area contributed by atoms with Crippen molar-refractivity contribution in [2.45, 2.75) is 95.5 Å². The number of anilines is 1. The van der Waals surface area contributed by atoms with Gasteiger partial charge in [0.05, 0.1) is 24.4 Å². The molecule has 58 heavy (non-hydrogen) atoms. The van der Waals surface area contributed by atoms with E-state index >= 15 is 0 Å². The number of amides is 1. The van der Waals surface area contributed by atoms with Gasteiger partial charge < -0.3 is 43.2 Å². The minimum absolute atomic E-state index is 0.148. The second-order valence-corrected chi connectivity index (χ2v) is 14.6. The summed E-state index contributed by atoms with van der Waals surface area (Å²) >= 11 is 0. The number of para-hydroxylation sites is 1. The number of ether oxygens (including phenoxy) is 8. The van der Waals surface area contributed by atoms with E-state index in [4.69, 9.17) is 37.9 Å². The third kappa shape index (κ3) is 8.63. The van der Waals surface area contributed by atoms with Crippen molar-refractivity contribution in [3.8, 4) is 0 Å². The maximum Gasteiger partial charge on any atom is 0.337 e. The molecule has 2 aromatic carbocycles. The molecular formula is C42H48N2O14. The third-order valence-electron chi connectivity index (χ3n) is 11.0. The Hall–Kier alpha value is -5.58. The number of methoxy groups -OCH3 is 1. The molecule has 310 valence electrons. The van der Waals surface area contributed by atoms with Gasteiger partial charge in [0.2, 0.25) is 18.5 Å². The Morgan fingerprint density at radius 3 is 2.19 bits per heavy atom. The number of hydrogen-bond acceptors (Lipinski definition) is 15. The van der Waals surface area contributed by atoms with E-state index in [9.17, 15) is 28.8 Å². The van der Waals surface area contributed by atoms with E-state index in [1.54, 1.807) is 6.08 Å². The molecule has 0 aromatic heterocycles. The summed E-state index contributed by atoms with van der Waals surface area (Å²) < 4.78 is 45.9. The zero-order chi connectivity index (χ0) is 41.7. The van der Waals surface area contributed by atoms with E-state index in [1.807, 2.05) is 54.6 Å². The Bertz CT molecular complexity index is 1930. The lowest BCUT2D eigenvalue weighted by atomic mass is 9.69. The Morgan fingerprint density at radius 2 is 1.53 bits per heavy atom. The summed E-state index contributed by atoms with van der Waals surface area (Å²) in [5, 5.41) is 3.09. The number of hydrogen-bond donors (Lipinski definition) is 1. The monoisotopic (exact) mass is 804 g/mol. The summed E-state index contributed by atoms with van der Waals surface area (Å²) in [6, 6.07) is 17.0. The van der Waals surface area contributed by atoms with E-state index in [0.29, 0.717) is 19.5 Å². The number of esters is 5. The highest BCUT2D eigenvalue weighted by molar-refractivity contribution is 6.07. The van der Waals surface area contributed by atoms with Gasteiger partial charge in [-0.1, -0.05) is 54.6 Å². The second kappa shape index (κ2) is 17.9. The van der Waals surface area contributed by atoms with Crippen LogP contribution in [0, 0.1) is 11.8 Å². The van der Waals surface area contributed by atoms with Gasteiger partial charge in [0.25, 0.3) is 0 Å². The van der Waals surface area contributed by atoms with E-state index in [2.05, 4.69) is 16.8 Å². The highest BCUT2D eigenvalue weighted by atomic mass is 16.8. The standard InChI is InChI=1S/C42H48N2O14/c1-7-28-29(19-34-42(31-15-11-12-16-32(31)43-41(42)50)17-18-44(34)20-27-13-9-8-10-14-27)30(38(49)51-6)21-53-39(28)58-40-37(56-26(5)48)36(55-25(4)47)35(54-24(3)46)33(57-40)22-52-23(2)45/h7-16,21,28-29,33-37,39-40H,1,17-20,22H2,2-6H3,(H,43,50)/t28-,29+,33-,34+,35-,36+,37-,39+,40+,42+/m1/s1. The Labute approximate surface area is 335 Å². The Kier molecular flexibility index (Phi) is 13.0. The predicted octanol–water partition coefficient (Wildman–Crippen LogP) is 3.47. The molecule has 1 N–H and O–H groups in total. The number of nitrogens with one attached hydrogen (secondary N) is 1. The van der Waals surface area contributed by atoms with Crippen LogP contribution < -0.4 is 5.32 Å². The average Bonchev–Trinajstić information content (AvgIpc) is 3.68. The van der Waals surface area contributed by atoms with Gasteiger partial charge in [0.15, 0.2) is 18.3 Å². The summed E-state index contributed by atoms with van der Waals surface area (Å²) in [5.74, 6) is -5.45. The molecule has 6 rings (SSSR count). The zero-order valence-electron chi connectivity index (χ0n) is 33.0. The number of fused-ring (bicyclic) bond motifs is 2. The van der Waals surface area contributed by atoms with Gasteiger partial charge in [0.1, 0.15) is 12.7 Å². The van der Waals surface area contributed by atoms with Gasteiger partial charge >= 0.3 is 29.8 Å². The highest BCUT2D eigenvalue weighted by Gasteiger charge is 2.60. The molecule has 2 saturated heterocycles. The zero-order valence-corrected chi connectivity index (χ0v) is 33.0. The first-order valence-electron chi connectivity index (χ1n) is 19.0. The number of carbonyl (C=O) groups excluding carboxylic acids is 6. The largest absolute Gasteiger partial charge is 0.471 e. The Morgan fingerprint density at radius 1 is 0.879 bits per heavy atom. The quantitative estimate of drug-likeness (QED) is 0.176. The molecule has 10 atom stereocenters. The molecule has 2 aromatic rings. The van der Waals surface area contributed by atoms with Crippen LogP contribution in [0.2, 0.25) is 0 Å². The first-order chi connectivity index (χ1) is 27.8. The fourth-order valence-electron chi connectivity index (χ4n) is 8.61. The maximum absolute atomic E-state index is 14.2. The highest BCUT2D eigenvalue weighted by Crippen LogP contribution is 2.52. The number of benzene rings is 2. The molecule has 0 aliphatic carbocycles. The smallest absolute Gasteiger partial charge is 0.337 e. The van der Waals surface area contributed by atoms with Crippen molar-refractivity contribution < 1.29 is 66.7 Å². The summed E-state index contributed by atoms with van der Waals surface area (Å²) in [5.41, 5.74) is 1.81. The molecule has 0 bridgehead atoms. The first kappa shape index (κ1) is 42.0. The van der Waals surface area contributed by atoms with Crippen molar-refractivity contribution in [2.75, 3.05) is 25.6 Å². The molecule has 2 fully saturated rings. The van der Waals surface area contributed by atoms with Crippen molar-refractivity contribution in [1.82, 2.24) is 4.90 Å². The first-order valence-corrected chi connectivity index (χ1v) is 19.0. The van der Waals surface area contributed by atoms with Crippen LogP contribution in [-0.2, 0) is 78.6 Å². The van der Waals surface area contributed by atoms with Crippen molar-refractivity contribution in [3.63, 3.8) is 0 Å². The SMILES string of the molecule is C=C[C@H]1[C@H](O[C@@H]2O[C@H](COC(C)=O)[C@@H](OC(C)=O)[C@H](OC(C)=O)[C@H]2OC(C)=O)OC=C(C(=O)OC)[C@H]1C[C@@H]1N(Cc2ccccc2)CC[C@@]12C(=O)Nc1ccccc12. The van der Waals surface area contributed by atoms with Gasteiger partial charge in [-0.25, -0.2) is 4.79 Å². The van der Waals surface area contributed by atoms with Gasteiger partial charge in [-0.3, -0.25) is 28.9 Å². The molecule has 4 aliphatic rings. The topological polar surface area (TPSA) is 192 Å². The number of carbonyl (C=O) groups is 6. The van der Waals surface area contributed by atoms with Crippen molar-refractivity contribution in [1.29, 1.82) is 0 Å². The second-order valence-electron chi connectivity index (χ2n) is 14.6. The van der Waals surface area contributed by atoms with Crippen LogP contribution in [0.4, 0.5) is 5.69 Å². The van der Waals surface area contributed by atoms with Gasteiger partial charge in [0, 0.05) is 64.3 Å². The lowest BCUT2D eigenvalue weighted by Crippen LogP contribution is -2.63. The van der Waals surface area contributed by atoms with Crippen LogP contribution in [0.1, 0.15) is 51.7 Å². The van der Waals surface area contributed by atoms with Crippen LogP contribution >= 0.6 is 0 Å². The number of likely N-dealkylation sites (tertiary alicyclic amines) is 1. The summed E-state index contributed by atoms with van der Waals surface area (Å²) in [4.78, 5) is 79.1. The van der Waals surface area contributed by atoms with Crippen LogP contribution in [0.3, 0.4) is 0 Å². The van der Waals surface area contributed by atoms with E-state index in [1.165, 1.54) is 20.3 Å². The summed E-state index contributed by atoms with van der Waals surface area (Å²) in [6.07, 6.45) is -5.04. The molecule has 0 unspecified atom stereocenters. The number of nitrogens with zero attached hydrogens (tertiary/aromatic N) is 1. The molecule has 0 radical (unpaired) electrons. The summed E-state index contributed by atoms with van der Waals surface area (Å²) in [7, 11) is 1.25. The van der Waals surface area contributed by atoms with Crippen LogP contribution in [0.15, 0.2) is 79.1 Å². The molecule has 1 amide bonds. The molecule has 16 heteroatoms. The molecule has 16 nitrogen and oxygen atoms in total. The number of rotatable bonds is 13. The normalized spacial score (nSPS) is 30.2. The van der Waals surface area contributed by atoms with E-state index < -0.39 is 96.7 Å². The molecule has 1 spiro atoms. The molecule has 4 aliphatic heterocycles. The predicted molar refractivity (Wildman–Crippen MR) is 202 cm³/mol. The van der Waals surface area contributed by atoms with Crippen molar-refractivity contribution in [3.05, 3.63) is 90.2 Å². The fraction of sp³-hybridized carbons (Fsp3) is 0.476. The van der Waals surface area contributed by atoms with Gasteiger partial charge in [-0.2, -0.15) is 0 Å². The van der Waals surface area contributed by atoms with Crippen molar-refractivity contribution in [2.24, 2.45) is 11.8 Å². The Balaban J connectivity index is 1.39. The summed E-state index contributed by atoms with van der Waals surface area (Å²) in [6.45, 7) is 9.24. The minimum Gasteiger partial charge on any atom is -0.471 e. The van der Waals surface area contributed by atoms with Crippen LogP contribution in [0.5, 0.6) is 0 Å². The molecular weight excluding hydrogens is 756 g/mol. The van der Waals surface area contributed by atoms with Crippen LogP contribution in [-0.4, -0.2) is 104 Å². The van der Waals surface area contributed by atoms with E-state index in [-0.39, 0.29) is 17.9 Å². The van der Waals surface area contributed by atoms with Crippen molar-refractivity contribution >= 4 is 41.4 Å². The minimum atomic E-state index is -1.58. The van der Waals surface area contributed by atoms with Gasteiger partial charge in [-0.15, -0.1) is 6.58 Å². The fourth-order valence-corrected chi connectivity index (χ4v) is 8.61. The average molecular weight is 805 g/mol. The molecule has 4 heterocycles. The molecule has 0 saturated carbocycles. The lowest BCUT2D eigenvalue weighted by Gasteiger charge is -2.46. The van der Waals surface area contributed by atoms with Crippen LogP contribution in [0.25, 0.3) is 0 Å². The van der Waals surface area contributed by atoms with E-state index in [0.717, 1.165) is 37.6 Å². The third-order valence-corrected chi connectivity index (χ3v) is 11.0. The van der Waals surface area contributed by atoms with Gasteiger partial charge in [-0.05, 0) is 30.0 Å². The maximum atomic E-state index is 14.2.